The highest BCUT2D eigenvalue weighted by Crippen LogP contribution is 2.24. The summed E-state index contributed by atoms with van der Waals surface area (Å²) in [6, 6.07) is 12.9. The van der Waals surface area contributed by atoms with Gasteiger partial charge in [-0.25, -0.2) is 0 Å². The number of fused-ring (bicyclic) bond motifs is 1. The van der Waals surface area contributed by atoms with Crippen LogP contribution in [-0.2, 0) is 13.1 Å². The fourth-order valence-corrected chi connectivity index (χ4v) is 2.63. The Morgan fingerprint density at radius 3 is 2.68 bits per heavy atom. The highest BCUT2D eigenvalue weighted by molar-refractivity contribution is 5.53. The van der Waals surface area contributed by atoms with Gasteiger partial charge in [-0.1, -0.05) is 18.2 Å². The molecule has 19 heavy (non-hydrogen) atoms. The zero-order valence-corrected chi connectivity index (χ0v) is 11.3. The van der Waals surface area contributed by atoms with E-state index in [-0.39, 0.29) is 0 Å². The van der Waals surface area contributed by atoms with Crippen LogP contribution in [-0.4, -0.2) is 30.0 Å². The van der Waals surface area contributed by atoms with Crippen molar-refractivity contribution >= 4 is 5.69 Å². The second-order valence-electron chi connectivity index (χ2n) is 5.12. The van der Waals surface area contributed by atoms with Gasteiger partial charge in [-0.3, -0.25) is 9.88 Å². The Labute approximate surface area is 114 Å². The van der Waals surface area contributed by atoms with Gasteiger partial charge in [0.1, 0.15) is 0 Å². The summed E-state index contributed by atoms with van der Waals surface area (Å²) in [5.74, 6) is 0. The molecule has 1 aromatic heterocycles. The third kappa shape index (κ3) is 2.76. The van der Waals surface area contributed by atoms with Crippen molar-refractivity contribution in [2.45, 2.75) is 13.1 Å². The summed E-state index contributed by atoms with van der Waals surface area (Å²) in [7, 11) is 2.18. The number of hydrogen-bond acceptors (Lipinski definition) is 3. The van der Waals surface area contributed by atoms with Crippen LogP contribution >= 0.6 is 0 Å². The summed E-state index contributed by atoms with van der Waals surface area (Å²) in [6.45, 7) is 4.17. The molecule has 0 bridgehead atoms. The molecule has 0 saturated carbocycles. The van der Waals surface area contributed by atoms with Gasteiger partial charge < -0.3 is 4.90 Å². The van der Waals surface area contributed by atoms with Crippen molar-refractivity contribution in [1.82, 2.24) is 9.88 Å². The zero-order valence-electron chi connectivity index (χ0n) is 11.3. The first-order valence-electron chi connectivity index (χ1n) is 6.73. The number of benzene rings is 1. The van der Waals surface area contributed by atoms with Crippen molar-refractivity contribution in [3.63, 3.8) is 0 Å². The Bertz CT molecular complexity index is 539. The summed E-state index contributed by atoms with van der Waals surface area (Å²) in [5.41, 5.74) is 4.10. The fourth-order valence-electron chi connectivity index (χ4n) is 2.63. The molecule has 98 valence electrons. The maximum absolute atomic E-state index is 4.08. The summed E-state index contributed by atoms with van der Waals surface area (Å²) in [5, 5.41) is 0. The molecule has 3 heteroatoms. The number of rotatable bonds is 2. The minimum atomic E-state index is 0.991. The van der Waals surface area contributed by atoms with E-state index in [1.54, 1.807) is 0 Å². The molecule has 1 aliphatic heterocycles. The van der Waals surface area contributed by atoms with Crippen molar-refractivity contribution in [3.8, 4) is 0 Å². The van der Waals surface area contributed by atoms with Crippen molar-refractivity contribution in [2.24, 2.45) is 0 Å². The molecule has 0 unspecified atom stereocenters. The molecule has 1 aromatic carbocycles. The third-order valence-electron chi connectivity index (χ3n) is 3.70. The number of pyridine rings is 1. The van der Waals surface area contributed by atoms with Gasteiger partial charge in [-0.05, 0) is 29.3 Å². The van der Waals surface area contributed by atoms with Crippen LogP contribution in [0.5, 0.6) is 0 Å². The Balaban J connectivity index is 1.79. The lowest BCUT2D eigenvalue weighted by Gasteiger charge is -2.20. The molecule has 0 amide bonds. The van der Waals surface area contributed by atoms with Crippen LogP contribution < -0.4 is 4.90 Å². The molecule has 3 rings (SSSR count). The van der Waals surface area contributed by atoms with Gasteiger partial charge in [0, 0.05) is 51.3 Å². The molecular weight excluding hydrogens is 234 g/mol. The van der Waals surface area contributed by atoms with Crippen LogP contribution in [0.3, 0.4) is 0 Å². The van der Waals surface area contributed by atoms with Gasteiger partial charge in [-0.15, -0.1) is 0 Å². The molecule has 0 radical (unpaired) electrons. The zero-order chi connectivity index (χ0) is 13.1. The van der Waals surface area contributed by atoms with Gasteiger partial charge in [0.25, 0.3) is 0 Å². The molecule has 0 aliphatic carbocycles. The van der Waals surface area contributed by atoms with Crippen LogP contribution in [0.25, 0.3) is 0 Å². The minimum absolute atomic E-state index is 0.991. The highest BCUT2D eigenvalue weighted by atomic mass is 15.2. The first-order chi connectivity index (χ1) is 9.33. The van der Waals surface area contributed by atoms with Crippen molar-refractivity contribution < 1.29 is 0 Å². The van der Waals surface area contributed by atoms with Crippen molar-refractivity contribution in [2.75, 3.05) is 25.0 Å². The van der Waals surface area contributed by atoms with Crippen LogP contribution in [0.2, 0.25) is 0 Å². The van der Waals surface area contributed by atoms with Gasteiger partial charge in [0.15, 0.2) is 0 Å². The lowest BCUT2D eigenvalue weighted by atomic mass is 10.1. The fraction of sp³-hybridized carbons (Fsp3) is 0.312. The first-order valence-corrected chi connectivity index (χ1v) is 6.73. The number of para-hydroxylation sites is 1. The van der Waals surface area contributed by atoms with Crippen molar-refractivity contribution in [1.29, 1.82) is 0 Å². The predicted molar refractivity (Wildman–Crippen MR) is 78.1 cm³/mol. The van der Waals surface area contributed by atoms with Gasteiger partial charge in [0.05, 0.1) is 0 Å². The Hall–Kier alpha value is -1.87. The van der Waals surface area contributed by atoms with Crippen LogP contribution in [0.4, 0.5) is 5.69 Å². The van der Waals surface area contributed by atoms with Gasteiger partial charge in [-0.2, -0.15) is 0 Å². The standard InChI is InChI=1S/C16H19N3/c1-18-10-11-19(12-14-6-8-17-9-7-14)13-15-4-2-3-5-16(15)18/h2-9H,10-13H2,1H3. The van der Waals surface area contributed by atoms with Gasteiger partial charge >= 0.3 is 0 Å². The summed E-state index contributed by atoms with van der Waals surface area (Å²) in [4.78, 5) is 8.93. The number of hydrogen-bond donors (Lipinski definition) is 0. The van der Waals surface area contributed by atoms with E-state index in [4.69, 9.17) is 0 Å². The van der Waals surface area contributed by atoms with E-state index >= 15 is 0 Å². The number of nitrogens with zero attached hydrogens (tertiary/aromatic N) is 3. The average molecular weight is 253 g/mol. The molecule has 0 saturated heterocycles. The Morgan fingerprint density at radius 1 is 1.05 bits per heavy atom. The normalized spacial score (nSPS) is 15.9. The monoisotopic (exact) mass is 253 g/mol. The van der Waals surface area contributed by atoms with Crippen molar-refractivity contribution in [3.05, 3.63) is 59.9 Å². The van der Waals surface area contributed by atoms with E-state index in [1.165, 1.54) is 16.8 Å². The topological polar surface area (TPSA) is 19.4 Å². The molecule has 2 heterocycles. The Kier molecular flexibility index (Phi) is 3.47. The number of aromatic nitrogens is 1. The summed E-state index contributed by atoms with van der Waals surface area (Å²) in [6.07, 6.45) is 3.74. The minimum Gasteiger partial charge on any atom is -0.373 e. The highest BCUT2D eigenvalue weighted by Gasteiger charge is 2.16. The third-order valence-corrected chi connectivity index (χ3v) is 3.70. The summed E-state index contributed by atoms with van der Waals surface area (Å²) < 4.78 is 0. The van der Waals surface area contributed by atoms with E-state index in [1.807, 2.05) is 12.4 Å². The Morgan fingerprint density at radius 2 is 1.84 bits per heavy atom. The van der Waals surface area contributed by atoms with E-state index in [9.17, 15) is 0 Å². The molecule has 3 nitrogen and oxygen atoms in total. The smallest absolute Gasteiger partial charge is 0.0409 e. The average Bonchev–Trinajstić information content (AvgIpc) is 2.60. The second-order valence-corrected chi connectivity index (χ2v) is 5.12. The van der Waals surface area contributed by atoms with Crippen LogP contribution in [0, 0.1) is 0 Å². The first kappa shape index (κ1) is 12.2. The van der Waals surface area contributed by atoms with Crippen LogP contribution in [0.15, 0.2) is 48.8 Å². The number of likely N-dealkylation sites (N-methyl/N-ethyl adjacent to an activating group) is 1. The molecule has 0 fully saturated rings. The second kappa shape index (κ2) is 5.41. The lowest BCUT2D eigenvalue weighted by Crippen LogP contribution is -2.28. The maximum atomic E-state index is 4.08. The SMILES string of the molecule is CN1CCN(Cc2ccncc2)Cc2ccccc21. The quantitative estimate of drug-likeness (QED) is 0.820. The molecule has 0 N–H and O–H groups in total. The molecule has 1 aliphatic rings. The van der Waals surface area contributed by atoms with E-state index < -0.39 is 0 Å². The maximum Gasteiger partial charge on any atom is 0.0409 e. The summed E-state index contributed by atoms with van der Waals surface area (Å²) >= 11 is 0. The molecule has 0 atom stereocenters. The van der Waals surface area contributed by atoms with E-state index in [2.05, 4.69) is 58.2 Å². The molecular formula is C16H19N3. The lowest BCUT2D eigenvalue weighted by molar-refractivity contribution is 0.269. The van der Waals surface area contributed by atoms with E-state index in [0.29, 0.717) is 0 Å². The molecule has 0 spiro atoms. The predicted octanol–water partition coefficient (Wildman–Crippen LogP) is 2.53. The largest absolute Gasteiger partial charge is 0.373 e. The van der Waals surface area contributed by atoms with Gasteiger partial charge in [0.2, 0.25) is 0 Å². The van der Waals surface area contributed by atoms with Crippen LogP contribution in [0.1, 0.15) is 11.1 Å². The number of anilines is 1. The van der Waals surface area contributed by atoms with E-state index in [0.717, 1.165) is 26.2 Å². The molecule has 2 aromatic rings.